The number of ether oxygens (including phenoxy) is 1. The number of benzene rings is 1. The van der Waals surface area contributed by atoms with E-state index in [0.29, 0.717) is 37.6 Å². The van der Waals surface area contributed by atoms with Crippen molar-refractivity contribution >= 4 is 33.4 Å². The summed E-state index contributed by atoms with van der Waals surface area (Å²) in [6.45, 7) is 2.37. The molecule has 1 N–H and O–H groups in total. The minimum absolute atomic E-state index is 0.0294. The summed E-state index contributed by atoms with van der Waals surface area (Å²) < 4.78 is 5.22. The van der Waals surface area contributed by atoms with E-state index >= 15 is 0 Å². The van der Waals surface area contributed by atoms with Gasteiger partial charge in [-0.1, -0.05) is 22.0 Å². The molecule has 0 spiro atoms. The maximum atomic E-state index is 12.3. The molecule has 2 amide bonds. The molecule has 1 aromatic rings. The predicted molar refractivity (Wildman–Crippen MR) is 75.6 cm³/mol. The van der Waals surface area contributed by atoms with Gasteiger partial charge in [0.25, 0.3) is 5.91 Å². The number of amides is 2. The van der Waals surface area contributed by atoms with Crippen LogP contribution in [0, 0.1) is 0 Å². The van der Waals surface area contributed by atoms with E-state index in [1.807, 2.05) is 0 Å². The summed E-state index contributed by atoms with van der Waals surface area (Å²) in [4.78, 5) is 25.3. The zero-order valence-corrected chi connectivity index (χ0v) is 12.0. The molecule has 102 valence electrons. The van der Waals surface area contributed by atoms with E-state index in [-0.39, 0.29) is 17.1 Å². The number of carbonyl (C=O) groups is 2. The highest BCUT2D eigenvalue weighted by Gasteiger charge is 2.18. The summed E-state index contributed by atoms with van der Waals surface area (Å²) in [6, 6.07) is 6.97. The lowest BCUT2D eigenvalue weighted by Gasteiger charge is -2.27. The monoisotopic (exact) mass is 326 g/mol. The molecule has 0 aliphatic carbocycles. The summed E-state index contributed by atoms with van der Waals surface area (Å²) >= 11 is 3.08. The normalized spacial score (nSPS) is 15.1. The van der Waals surface area contributed by atoms with Gasteiger partial charge in [-0.05, 0) is 18.2 Å². The lowest BCUT2D eigenvalue weighted by Crippen LogP contribution is -2.40. The first-order valence-electron chi connectivity index (χ1n) is 6.03. The maximum Gasteiger partial charge on any atom is 0.254 e. The van der Waals surface area contributed by atoms with Gasteiger partial charge >= 0.3 is 0 Å². The zero-order valence-electron chi connectivity index (χ0n) is 10.4. The minimum Gasteiger partial charge on any atom is -0.378 e. The van der Waals surface area contributed by atoms with Gasteiger partial charge in [-0.15, -0.1) is 0 Å². The molecule has 0 saturated carbocycles. The predicted octanol–water partition coefficient (Wildman–Crippen LogP) is 1.49. The summed E-state index contributed by atoms with van der Waals surface area (Å²) in [5, 5.41) is 2.94. The highest BCUT2D eigenvalue weighted by molar-refractivity contribution is 9.09. The van der Waals surface area contributed by atoms with Crippen molar-refractivity contribution in [2.75, 3.05) is 37.0 Å². The first-order chi connectivity index (χ1) is 9.20. The first-order valence-corrected chi connectivity index (χ1v) is 7.16. The fourth-order valence-electron chi connectivity index (χ4n) is 1.87. The van der Waals surface area contributed by atoms with Gasteiger partial charge in [0.1, 0.15) is 0 Å². The maximum absolute atomic E-state index is 12.3. The molecule has 1 saturated heterocycles. The van der Waals surface area contributed by atoms with Crippen LogP contribution in [0.5, 0.6) is 0 Å². The second-order valence-corrected chi connectivity index (χ2v) is 4.73. The van der Waals surface area contributed by atoms with Crippen molar-refractivity contribution in [3.63, 3.8) is 0 Å². The minimum atomic E-state index is -0.143. The van der Waals surface area contributed by atoms with Crippen LogP contribution < -0.4 is 5.32 Å². The van der Waals surface area contributed by atoms with Gasteiger partial charge in [-0.25, -0.2) is 0 Å². The summed E-state index contributed by atoms with van der Waals surface area (Å²) in [5.41, 5.74) is 1.21. The molecule has 6 heteroatoms. The van der Waals surface area contributed by atoms with Gasteiger partial charge in [0.15, 0.2) is 0 Å². The number of nitrogens with one attached hydrogen (secondary N) is 1. The summed E-state index contributed by atoms with van der Waals surface area (Å²) in [6.07, 6.45) is 0. The SMILES string of the molecule is O=C(CBr)Nc1cccc(C(=O)N2CCOCC2)c1. The van der Waals surface area contributed by atoms with Crippen molar-refractivity contribution in [1.82, 2.24) is 4.90 Å². The van der Waals surface area contributed by atoms with E-state index in [1.54, 1.807) is 29.2 Å². The average Bonchev–Trinajstić information content (AvgIpc) is 2.47. The van der Waals surface area contributed by atoms with Crippen LogP contribution in [0.3, 0.4) is 0 Å². The number of alkyl halides is 1. The van der Waals surface area contributed by atoms with Crippen LogP contribution >= 0.6 is 15.9 Å². The van der Waals surface area contributed by atoms with E-state index in [1.165, 1.54) is 0 Å². The highest BCUT2D eigenvalue weighted by atomic mass is 79.9. The number of carbonyl (C=O) groups excluding carboxylic acids is 2. The van der Waals surface area contributed by atoms with Crippen LogP contribution in [0.25, 0.3) is 0 Å². The number of rotatable bonds is 3. The quantitative estimate of drug-likeness (QED) is 0.856. The van der Waals surface area contributed by atoms with E-state index in [0.717, 1.165) is 0 Å². The molecule has 0 bridgehead atoms. The number of halogens is 1. The largest absolute Gasteiger partial charge is 0.378 e. The van der Waals surface area contributed by atoms with E-state index < -0.39 is 0 Å². The molecule has 0 atom stereocenters. The number of morpholine rings is 1. The Morgan fingerprint density at radius 2 is 2.05 bits per heavy atom. The second kappa shape index (κ2) is 6.68. The van der Waals surface area contributed by atoms with Crippen LogP contribution in [-0.2, 0) is 9.53 Å². The fourth-order valence-corrected chi connectivity index (χ4v) is 2.01. The number of hydrogen-bond donors (Lipinski definition) is 1. The van der Waals surface area contributed by atoms with Crippen molar-refractivity contribution in [3.8, 4) is 0 Å². The molecule has 0 aromatic heterocycles. The second-order valence-electron chi connectivity index (χ2n) is 4.17. The van der Waals surface area contributed by atoms with Crippen LogP contribution in [0.15, 0.2) is 24.3 Å². The van der Waals surface area contributed by atoms with Crippen molar-refractivity contribution in [3.05, 3.63) is 29.8 Å². The van der Waals surface area contributed by atoms with Gasteiger partial charge < -0.3 is 15.0 Å². The molecule has 1 fully saturated rings. The number of anilines is 1. The van der Waals surface area contributed by atoms with Crippen molar-refractivity contribution in [2.45, 2.75) is 0 Å². The highest BCUT2D eigenvalue weighted by Crippen LogP contribution is 2.14. The number of nitrogens with zero attached hydrogens (tertiary/aromatic N) is 1. The average molecular weight is 327 g/mol. The smallest absolute Gasteiger partial charge is 0.254 e. The van der Waals surface area contributed by atoms with E-state index in [2.05, 4.69) is 21.2 Å². The molecule has 1 aliphatic heterocycles. The Morgan fingerprint density at radius 1 is 1.32 bits per heavy atom. The summed E-state index contributed by atoms with van der Waals surface area (Å²) in [5.74, 6) is -0.172. The molecular formula is C13H15BrN2O3. The first kappa shape index (κ1) is 14.0. The zero-order chi connectivity index (χ0) is 13.7. The summed E-state index contributed by atoms with van der Waals surface area (Å²) in [7, 11) is 0. The number of hydrogen-bond acceptors (Lipinski definition) is 3. The van der Waals surface area contributed by atoms with Crippen LogP contribution in [0.2, 0.25) is 0 Å². The molecule has 1 aliphatic rings. The molecule has 1 aromatic carbocycles. The Hall–Kier alpha value is -1.40. The lowest BCUT2D eigenvalue weighted by atomic mass is 10.1. The Bertz CT molecular complexity index is 473. The van der Waals surface area contributed by atoms with Crippen LogP contribution in [0.4, 0.5) is 5.69 Å². The molecule has 5 nitrogen and oxygen atoms in total. The van der Waals surface area contributed by atoms with Crippen LogP contribution in [-0.4, -0.2) is 48.3 Å². The molecule has 2 rings (SSSR count). The molecule has 19 heavy (non-hydrogen) atoms. The molecule has 0 radical (unpaired) electrons. The molecule has 0 unspecified atom stereocenters. The van der Waals surface area contributed by atoms with Gasteiger partial charge in [-0.3, -0.25) is 9.59 Å². The Balaban J connectivity index is 2.09. The fraction of sp³-hybridized carbons (Fsp3) is 0.385. The van der Waals surface area contributed by atoms with Crippen molar-refractivity contribution in [2.24, 2.45) is 0 Å². The van der Waals surface area contributed by atoms with Gasteiger partial charge in [0, 0.05) is 24.3 Å². The molecule has 1 heterocycles. The van der Waals surface area contributed by atoms with Crippen molar-refractivity contribution < 1.29 is 14.3 Å². The Kier molecular flexibility index (Phi) is 4.93. The van der Waals surface area contributed by atoms with E-state index in [4.69, 9.17) is 4.74 Å². The molecular weight excluding hydrogens is 312 g/mol. The Morgan fingerprint density at radius 3 is 2.74 bits per heavy atom. The topological polar surface area (TPSA) is 58.6 Å². The van der Waals surface area contributed by atoms with Crippen molar-refractivity contribution in [1.29, 1.82) is 0 Å². The third-order valence-corrected chi connectivity index (χ3v) is 3.32. The third kappa shape index (κ3) is 3.78. The Labute approximate surface area is 120 Å². The standard InChI is InChI=1S/C13H15BrN2O3/c14-9-12(17)15-11-3-1-2-10(8-11)13(18)16-4-6-19-7-5-16/h1-3,8H,4-7,9H2,(H,15,17). The van der Waals surface area contributed by atoms with Gasteiger partial charge in [0.05, 0.1) is 18.5 Å². The lowest BCUT2D eigenvalue weighted by molar-refractivity contribution is -0.113. The third-order valence-electron chi connectivity index (χ3n) is 2.81. The van der Waals surface area contributed by atoms with Gasteiger partial charge in [0.2, 0.25) is 5.91 Å². The van der Waals surface area contributed by atoms with Crippen LogP contribution in [0.1, 0.15) is 10.4 Å². The van der Waals surface area contributed by atoms with E-state index in [9.17, 15) is 9.59 Å². The van der Waals surface area contributed by atoms with Gasteiger partial charge in [-0.2, -0.15) is 0 Å².